The van der Waals surface area contributed by atoms with Gasteiger partial charge in [0.05, 0.1) is 20.5 Å². The minimum absolute atomic E-state index is 0.0920. The Bertz CT molecular complexity index is 1040. The molecule has 1 aliphatic heterocycles. The van der Waals surface area contributed by atoms with Crippen molar-refractivity contribution in [3.63, 3.8) is 0 Å². The number of anilines is 1. The second kappa shape index (κ2) is 9.74. The molecule has 160 valence electrons. The van der Waals surface area contributed by atoms with Crippen LogP contribution in [0.1, 0.15) is 29.6 Å². The van der Waals surface area contributed by atoms with Gasteiger partial charge in [0, 0.05) is 19.3 Å². The number of pyridine rings is 1. The summed E-state index contributed by atoms with van der Waals surface area (Å²) in [4.78, 5) is 28.1. The van der Waals surface area contributed by atoms with E-state index in [4.69, 9.17) is 27.9 Å². The van der Waals surface area contributed by atoms with Crippen LogP contribution in [0.5, 0.6) is 0 Å². The second-order valence-electron chi connectivity index (χ2n) is 6.60. The van der Waals surface area contributed by atoms with E-state index in [1.807, 2.05) is 0 Å². The number of carbonyl (C=O) groups is 2. The van der Waals surface area contributed by atoms with Gasteiger partial charge in [0.25, 0.3) is 5.91 Å². The molecule has 1 N–H and O–H groups in total. The Kier molecular flexibility index (Phi) is 7.30. The fourth-order valence-electron chi connectivity index (χ4n) is 2.91. The highest BCUT2D eigenvalue weighted by molar-refractivity contribution is 7.89. The van der Waals surface area contributed by atoms with Crippen molar-refractivity contribution in [2.45, 2.75) is 24.2 Å². The Balaban J connectivity index is 1.57. The highest BCUT2D eigenvalue weighted by atomic mass is 35.5. The Morgan fingerprint density at radius 1 is 1.10 bits per heavy atom. The third-order valence-corrected chi connectivity index (χ3v) is 6.85. The summed E-state index contributed by atoms with van der Waals surface area (Å²) in [6.07, 6.45) is 4.00. The maximum Gasteiger partial charge on any atom is 0.338 e. The van der Waals surface area contributed by atoms with E-state index in [9.17, 15) is 18.0 Å². The van der Waals surface area contributed by atoms with E-state index in [1.54, 1.807) is 0 Å². The molecule has 1 saturated heterocycles. The number of sulfonamides is 1. The lowest BCUT2D eigenvalue weighted by Crippen LogP contribution is -2.35. The van der Waals surface area contributed by atoms with E-state index in [1.165, 1.54) is 40.8 Å². The smallest absolute Gasteiger partial charge is 0.338 e. The molecule has 2 heterocycles. The van der Waals surface area contributed by atoms with Gasteiger partial charge in [0.2, 0.25) is 10.0 Å². The number of rotatable bonds is 6. The molecule has 0 atom stereocenters. The molecule has 1 amide bonds. The molecule has 30 heavy (non-hydrogen) atoms. The first kappa shape index (κ1) is 22.5. The van der Waals surface area contributed by atoms with E-state index in [0.717, 1.165) is 19.3 Å². The lowest BCUT2D eigenvalue weighted by Gasteiger charge is -2.25. The molecular weight excluding hydrogens is 453 g/mol. The Morgan fingerprint density at radius 3 is 2.40 bits per heavy atom. The monoisotopic (exact) mass is 471 g/mol. The maximum atomic E-state index is 12.6. The summed E-state index contributed by atoms with van der Waals surface area (Å²) < 4.78 is 31.7. The largest absolute Gasteiger partial charge is 0.452 e. The van der Waals surface area contributed by atoms with Crippen LogP contribution < -0.4 is 5.32 Å². The Labute approximate surface area is 184 Å². The Hall–Kier alpha value is -2.20. The molecule has 0 radical (unpaired) electrons. The van der Waals surface area contributed by atoms with Gasteiger partial charge < -0.3 is 10.1 Å². The lowest BCUT2D eigenvalue weighted by molar-refractivity contribution is -0.119. The minimum atomic E-state index is -3.58. The molecular formula is C19H19Cl2N3O5S. The van der Waals surface area contributed by atoms with E-state index in [-0.39, 0.29) is 21.3 Å². The summed E-state index contributed by atoms with van der Waals surface area (Å²) in [5.41, 5.74) is 0.128. The van der Waals surface area contributed by atoms with Crippen molar-refractivity contribution < 1.29 is 22.7 Å². The SMILES string of the molecule is O=C(COC(=O)c1ccc(S(=O)(=O)N2CCCCC2)cc1)Nc1ncc(Cl)cc1Cl. The zero-order chi connectivity index (χ0) is 21.7. The van der Waals surface area contributed by atoms with Crippen molar-refractivity contribution in [3.8, 4) is 0 Å². The van der Waals surface area contributed by atoms with Gasteiger partial charge >= 0.3 is 5.97 Å². The van der Waals surface area contributed by atoms with Crippen LogP contribution in [-0.4, -0.2) is 49.3 Å². The standard InChI is InChI=1S/C19H19Cl2N3O5S/c20-14-10-16(21)18(22-11-14)23-17(25)12-29-19(26)13-4-6-15(7-5-13)30(27,28)24-8-2-1-3-9-24/h4-7,10-11H,1-3,8-9,12H2,(H,22,23,25). The number of ether oxygens (including phenoxy) is 1. The third kappa shape index (κ3) is 5.48. The van der Waals surface area contributed by atoms with E-state index >= 15 is 0 Å². The average molecular weight is 472 g/mol. The minimum Gasteiger partial charge on any atom is -0.452 e. The number of carbonyl (C=O) groups excluding carboxylic acids is 2. The number of aromatic nitrogens is 1. The van der Waals surface area contributed by atoms with Crippen LogP contribution in [0.3, 0.4) is 0 Å². The summed E-state index contributed by atoms with van der Waals surface area (Å²) in [5.74, 6) is -1.30. The van der Waals surface area contributed by atoms with Gasteiger partial charge in [0.15, 0.2) is 12.4 Å². The van der Waals surface area contributed by atoms with Gasteiger partial charge in [-0.2, -0.15) is 4.31 Å². The number of benzene rings is 1. The first-order valence-corrected chi connectivity index (χ1v) is 11.4. The molecule has 1 aliphatic rings. The zero-order valence-corrected chi connectivity index (χ0v) is 18.1. The normalized spacial score (nSPS) is 14.9. The van der Waals surface area contributed by atoms with Crippen LogP contribution in [0, 0.1) is 0 Å². The predicted octanol–water partition coefficient (Wildman–Crippen LogP) is 3.36. The van der Waals surface area contributed by atoms with Crippen molar-refractivity contribution in [2.75, 3.05) is 25.0 Å². The first-order chi connectivity index (χ1) is 14.3. The average Bonchev–Trinajstić information content (AvgIpc) is 2.75. The van der Waals surface area contributed by atoms with Crippen molar-refractivity contribution in [2.24, 2.45) is 0 Å². The molecule has 1 fully saturated rings. The molecule has 1 aromatic carbocycles. The first-order valence-electron chi connectivity index (χ1n) is 9.15. The molecule has 11 heteroatoms. The fraction of sp³-hybridized carbons (Fsp3) is 0.316. The van der Waals surface area contributed by atoms with Gasteiger partial charge in [-0.15, -0.1) is 0 Å². The van der Waals surface area contributed by atoms with Gasteiger partial charge in [0.1, 0.15) is 0 Å². The Morgan fingerprint density at radius 2 is 1.77 bits per heavy atom. The number of amides is 1. The maximum absolute atomic E-state index is 12.6. The number of nitrogens with zero attached hydrogens (tertiary/aromatic N) is 2. The lowest BCUT2D eigenvalue weighted by atomic mass is 10.2. The highest BCUT2D eigenvalue weighted by Gasteiger charge is 2.26. The van der Waals surface area contributed by atoms with Gasteiger partial charge in [-0.3, -0.25) is 4.79 Å². The number of piperidine rings is 1. The van der Waals surface area contributed by atoms with Crippen LogP contribution in [0.2, 0.25) is 10.0 Å². The summed E-state index contributed by atoms with van der Waals surface area (Å²) in [6.45, 7) is 0.425. The summed E-state index contributed by atoms with van der Waals surface area (Å²) >= 11 is 11.7. The molecule has 0 bridgehead atoms. The summed E-state index contributed by atoms with van der Waals surface area (Å²) in [7, 11) is -3.58. The quantitative estimate of drug-likeness (QED) is 0.647. The molecule has 0 aliphatic carbocycles. The number of nitrogens with one attached hydrogen (secondary N) is 1. The van der Waals surface area contributed by atoms with Gasteiger partial charge in [-0.05, 0) is 43.2 Å². The predicted molar refractivity (Wildman–Crippen MR) is 112 cm³/mol. The number of esters is 1. The van der Waals surface area contributed by atoms with Crippen molar-refractivity contribution in [1.82, 2.24) is 9.29 Å². The second-order valence-corrected chi connectivity index (χ2v) is 9.38. The van der Waals surface area contributed by atoms with E-state index in [2.05, 4.69) is 10.3 Å². The van der Waals surface area contributed by atoms with Crippen molar-refractivity contribution >= 4 is 50.9 Å². The molecule has 0 unspecified atom stereocenters. The van der Waals surface area contributed by atoms with Gasteiger partial charge in [-0.25, -0.2) is 18.2 Å². The van der Waals surface area contributed by atoms with Gasteiger partial charge in [-0.1, -0.05) is 29.6 Å². The third-order valence-electron chi connectivity index (χ3n) is 4.44. The van der Waals surface area contributed by atoms with Crippen molar-refractivity contribution in [1.29, 1.82) is 0 Å². The van der Waals surface area contributed by atoms with Crippen LogP contribution in [0.15, 0.2) is 41.4 Å². The van der Waals surface area contributed by atoms with Crippen LogP contribution in [0.4, 0.5) is 5.82 Å². The van der Waals surface area contributed by atoms with E-state index < -0.39 is 28.5 Å². The number of hydrogen-bond donors (Lipinski definition) is 1. The zero-order valence-electron chi connectivity index (χ0n) is 15.8. The van der Waals surface area contributed by atoms with E-state index in [0.29, 0.717) is 18.1 Å². The number of halogens is 2. The molecule has 8 nitrogen and oxygen atoms in total. The van der Waals surface area contributed by atoms with Crippen LogP contribution in [0.25, 0.3) is 0 Å². The molecule has 3 rings (SSSR count). The molecule has 2 aromatic rings. The fourth-order valence-corrected chi connectivity index (χ4v) is 4.85. The summed E-state index contributed by atoms with van der Waals surface area (Å²) in [6, 6.07) is 6.84. The molecule has 0 saturated carbocycles. The van der Waals surface area contributed by atoms with Crippen LogP contribution >= 0.6 is 23.2 Å². The molecule has 0 spiro atoms. The molecule has 1 aromatic heterocycles. The van der Waals surface area contributed by atoms with Crippen LogP contribution in [-0.2, 0) is 19.6 Å². The number of hydrogen-bond acceptors (Lipinski definition) is 6. The van der Waals surface area contributed by atoms with Crippen molar-refractivity contribution in [3.05, 3.63) is 52.1 Å². The topological polar surface area (TPSA) is 106 Å². The summed E-state index contributed by atoms with van der Waals surface area (Å²) in [5, 5.41) is 2.87. The highest BCUT2D eigenvalue weighted by Crippen LogP contribution is 2.23.